The number of hydrogen-bond donors (Lipinski definition) is 1. The molecule has 1 unspecified atom stereocenters. The van der Waals surface area contributed by atoms with Gasteiger partial charge in [0.1, 0.15) is 5.82 Å². The molecule has 1 heterocycles. The Morgan fingerprint density at radius 2 is 2.22 bits per heavy atom. The van der Waals surface area contributed by atoms with Gasteiger partial charge in [-0.1, -0.05) is 28.1 Å². The van der Waals surface area contributed by atoms with Crippen molar-refractivity contribution in [3.8, 4) is 0 Å². The number of nitrogens with zero attached hydrogens (tertiary/aromatic N) is 2. The minimum atomic E-state index is 0.106. The van der Waals surface area contributed by atoms with Crippen LogP contribution >= 0.6 is 15.9 Å². The van der Waals surface area contributed by atoms with E-state index in [1.54, 1.807) is 0 Å². The lowest BCUT2D eigenvalue weighted by molar-refractivity contribution is 0.588. The average Bonchev–Trinajstić information content (AvgIpc) is 2.81. The maximum Gasteiger partial charge on any atom is 0.130 e. The molecule has 0 aliphatic rings. The van der Waals surface area contributed by atoms with Crippen LogP contribution in [0.25, 0.3) is 0 Å². The van der Waals surface area contributed by atoms with Gasteiger partial charge in [-0.3, -0.25) is 0 Å². The number of rotatable bonds is 4. The van der Waals surface area contributed by atoms with E-state index in [2.05, 4.69) is 62.8 Å². The summed E-state index contributed by atoms with van der Waals surface area (Å²) < 4.78 is 3.28. The van der Waals surface area contributed by atoms with Crippen molar-refractivity contribution in [2.75, 3.05) is 7.05 Å². The van der Waals surface area contributed by atoms with Gasteiger partial charge < -0.3 is 9.88 Å². The third kappa shape index (κ3) is 2.49. The third-order valence-electron chi connectivity index (χ3n) is 3.10. The zero-order valence-electron chi connectivity index (χ0n) is 10.9. The van der Waals surface area contributed by atoms with E-state index >= 15 is 0 Å². The van der Waals surface area contributed by atoms with Gasteiger partial charge in [-0.2, -0.15) is 0 Å². The van der Waals surface area contributed by atoms with Gasteiger partial charge >= 0.3 is 0 Å². The number of benzene rings is 1. The van der Waals surface area contributed by atoms with Gasteiger partial charge in [-0.15, -0.1) is 0 Å². The molecule has 2 rings (SSSR count). The largest absolute Gasteiger partial charge is 0.334 e. The molecule has 0 saturated carbocycles. The molecule has 0 spiro atoms. The van der Waals surface area contributed by atoms with E-state index in [0.717, 1.165) is 16.8 Å². The number of hydrogen-bond acceptors (Lipinski definition) is 2. The molecule has 96 valence electrons. The van der Waals surface area contributed by atoms with Crippen LogP contribution < -0.4 is 5.32 Å². The summed E-state index contributed by atoms with van der Waals surface area (Å²) in [6.45, 7) is 5.15. The van der Waals surface area contributed by atoms with E-state index < -0.39 is 0 Å². The summed E-state index contributed by atoms with van der Waals surface area (Å²) in [6.07, 6.45) is 3.87. The monoisotopic (exact) mass is 307 g/mol. The Morgan fingerprint density at radius 1 is 1.44 bits per heavy atom. The first-order valence-corrected chi connectivity index (χ1v) is 6.91. The third-order valence-corrected chi connectivity index (χ3v) is 3.79. The van der Waals surface area contributed by atoms with Crippen LogP contribution in [0.2, 0.25) is 0 Å². The molecule has 1 atom stereocenters. The van der Waals surface area contributed by atoms with Crippen molar-refractivity contribution in [2.45, 2.75) is 26.4 Å². The highest BCUT2D eigenvalue weighted by molar-refractivity contribution is 9.10. The Hall–Kier alpha value is -1.13. The van der Waals surface area contributed by atoms with E-state index in [-0.39, 0.29) is 6.04 Å². The summed E-state index contributed by atoms with van der Waals surface area (Å²) >= 11 is 3.64. The molecule has 0 bridgehead atoms. The lowest BCUT2D eigenvalue weighted by Crippen LogP contribution is -2.22. The number of halogens is 1. The predicted octanol–water partition coefficient (Wildman–Crippen LogP) is 3.28. The quantitative estimate of drug-likeness (QED) is 0.939. The highest BCUT2D eigenvalue weighted by atomic mass is 79.9. The van der Waals surface area contributed by atoms with Crippen LogP contribution in [0.3, 0.4) is 0 Å². The smallest absolute Gasteiger partial charge is 0.130 e. The van der Waals surface area contributed by atoms with Crippen molar-refractivity contribution in [3.63, 3.8) is 0 Å². The highest BCUT2D eigenvalue weighted by Gasteiger charge is 2.19. The molecule has 1 N–H and O–H groups in total. The molecular formula is C14H18BrN3. The standard InChI is InChI=1S/C14H18BrN3/c1-4-18-8-7-17-14(18)13(16-3)11-6-5-10(2)9-12(11)15/h5-9,13,16H,4H2,1-3H3. The topological polar surface area (TPSA) is 29.9 Å². The van der Waals surface area contributed by atoms with Crippen LogP contribution in [0, 0.1) is 6.92 Å². The Morgan fingerprint density at radius 3 is 2.83 bits per heavy atom. The van der Waals surface area contributed by atoms with Crippen molar-refractivity contribution in [2.24, 2.45) is 0 Å². The first-order chi connectivity index (χ1) is 8.67. The lowest BCUT2D eigenvalue weighted by atomic mass is 10.0. The molecule has 0 radical (unpaired) electrons. The van der Waals surface area contributed by atoms with E-state index in [4.69, 9.17) is 0 Å². The van der Waals surface area contributed by atoms with E-state index in [0.29, 0.717) is 0 Å². The van der Waals surface area contributed by atoms with Gasteiger partial charge in [0.05, 0.1) is 6.04 Å². The molecule has 4 heteroatoms. The summed E-state index contributed by atoms with van der Waals surface area (Å²) in [5, 5.41) is 3.34. The van der Waals surface area contributed by atoms with Gasteiger partial charge in [-0.25, -0.2) is 4.98 Å². The van der Waals surface area contributed by atoms with Gasteiger partial charge in [0.15, 0.2) is 0 Å². The number of nitrogens with one attached hydrogen (secondary N) is 1. The van der Waals surface area contributed by atoms with Gasteiger partial charge in [0.2, 0.25) is 0 Å². The zero-order valence-corrected chi connectivity index (χ0v) is 12.5. The molecule has 0 aliphatic heterocycles. The molecule has 3 nitrogen and oxygen atoms in total. The summed E-state index contributed by atoms with van der Waals surface area (Å²) in [5.74, 6) is 1.05. The molecular weight excluding hydrogens is 290 g/mol. The minimum Gasteiger partial charge on any atom is -0.334 e. The van der Waals surface area contributed by atoms with Crippen LogP contribution in [0.15, 0.2) is 35.1 Å². The second kappa shape index (κ2) is 5.67. The molecule has 0 aliphatic carbocycles. The number of aromatic nitrogens is 2. The van der Waals surface area contributed by atoms with Crippen LogP contribution in [-0.4, -0.2) is 16.6 Å². The van der Waals surface area contributed by atoms with Crippen LogP contribution in [-0.2, 0) is 6.54 Å². The van der Waals surface area contributed by atoms with Gasteiger partial charge in [0.25, 0.3) is 0 Å². The van der Waals surface area contributed by atoms with E-state index in [1.165, 1.54) is 11.1 Å². The van der Waals surface area contributed by atoms with E-state index in [9.17, 15) is 0 Å². The molecule has 1 aromatic carbocycles. The summed E-state index contributed by atoms with van der Waals surface area (Å²) in [4.78, 5) is 4.48. The second-order valence-corrected chi connectivity index (χ2v) is 5.17. The minimum absolute atomic E-state index is 0.106. The summed E-state index contributed by atoms with van der Waals surface area (Å²) in [5.41, 5.74) is 2.46. The summed E-state index contributed by atoms with van der Waals surface area (Å²) in [6, 6.07) is 6.52. The second-order valence-electron chi connectivity index (χ2n) is 4.32. The lowest BCUT2D eigenvalue weighted by Gasteiger charge is -2.19. The maximum absolute atomic E-state index is 4.48. The zero-order chi connectivity index (χ0) is 13.1. The number of aryl methyl sites for hydroxylation is 2. The SMILES string of the molecule is CCn1ccnc1C(NC)c1ccc(C)cc1Br. The van der Waals surface area contributed by atoms with Crippen molar-refractivity contribution >= 4 is 15.9 Å². The molecule has 0 saturated heterocycles. The summed E-state index contributed by atoms with van der Waals surface area (Å²) in [7, 11) is 1.96. The maximum atomic E-state index is 4.48. The molecule has 1 aromatic heterocycles. The van der Waals surface area contributed by atoms with Crippen molar-refractivity contribution in [1.82, 2.24) is 14.9 Å². The van der Waals surface area contributed by atoms with Crippen molar-refractivity contribution in [3.05, 3.63) is 52.0 Å². The van der Waals surface area contributed by atoms with Crippen molar-refractivity contribution < 1.29 is 0 Å². The Kier molecular flexibility index (Phi) is 4.19. The Bertz CT molecular complexity index is 534. The Labute approximate surface area is 116 Å². The molecule has 18 heavy (non-hydrogen) atoms. The molecule has 0 amide bonds. The van der Waals surface area contributed by atoms with Crippen LogP contribution in [0.5, 0.6) is 0 Å². The fraction of sp³-hybridized carbons (Fsp3) is 0.357. The fourth-order valence-corrected chi connectivity index (χ4v) is 2.86. The van der Waals surface area contributed by atoms with Gasteiger partial charge in [-0.05, 0) is 38.1 Å². The first-order valence-electron chi connectivity index (χ1n) is 6.11. The highest BCUT2D eigenvalue weighted by Crippen LogP contribution is 2.28. The van der Waals surface area contributed by atoms with Crippen molar-refractivity contribution in [1.29, 1.82) is 0 Å². The van der Waals surface area contributed by atoms with Crippen LogP contribution in [0.4, 0.5) is 0 Å². The average molecular weight is 308 g/mol. The van der Waals surface area contributed by atoms with E-state index in [1.807, 2.05) is 19.4 Å². The number of imidazole rings is 1. The van der Waals surface area contributed by atoms with Crippen LogP contribution in [0.1, 0.15) is 29.9 Å². The molecule has 0 fully saturated rings. The molecule has 2 aromatic rings. The normalized spacial score (nSPS) is 12.7. The Balaban J connectivity index is 2.45. The fourth-order valence-electron chi connectivity index (χ4n) is 2.14. The van der Waals surface area contributed by atoms with Gasteiger partial charge in [0, 0.05) is 23.4 Å². The first kappa shape index (κ1) is 13.3. The predicted molar refractivity (Wildman–Crippen MR) is 77.7 cm³/mol.